The van der Waals surface area contributed by atoms with Crippen LogP contribution in [0.3, 0.4) is 0 Å². The smallest absolute Gasteiger partial charge is 0.318 e. The molecule has 0 saturated carbocycles. The molecule has 0 aromatic carbocycles. The highest BCUT2D eigenvalue weighted by Gasteiger charge is 2.25. The fraction of sp³-hybridized carbons (Fsp3) is 0.800. The van der Waals surface area contributed by atoms with Gasteiger partial charge in [-0.05, 0) is 32.7 Å². The molecule has 1 atom stereocenters. The van der Waals surface area contributed by atoms with Crippen LogP contribution in [0.2, 0.25) is 0 Å². The zero-order valence-corrected chi connectivity index (χ0v) is 9.31. The van der Waals surface area contributed by atoms with Gasteiger partial charge in [0.25, 0.3) is 0 Å². The third-order valence-electron chi connectivity index (χ3n) is 3.00. The Labute approximate surface area is 89.6 Å². The van der Waals surface area contributed by atoms with E-state index in [1.54, 1.807) is 0 Å². The summed E-state index contributed by atoms with van der Waals surface area (Å²) >= 11 is 0. The molecule has 1 aromatic rings. The van der Waals surface area contributed by atoms with E-state index in [2.05, 4.69) is 28.9 Å². The Hall–Kier alpha value is -1.10. The van der Waals surface area contributed by atoms with Crippen molar-refractivity contribution in [2.24, 2.45) is 5.92 Å². The zero-order chi connectivity index (χ0) is 10.8. The summed E-state index contributed by atoms with van der Waals surface area (Å²) in [5.74, 6) is 1.38. The second-order valence-corrected chi connectivity index (χ2v) is 4.50. The number of hydrogen-bond acceptors (Lipinski definition) is 5. The van der Waals surface area contributed by atoms with Crippen molar-refractivity contribution in [3.8, 4) is 0 Å². The molecule has 1 fully saturated rings. The average Bonchev–Trinajstić information content (AvgIpc) is 2.76. The molecule has 1 unspecified atom stereocenters. The standard InChI is InChI=1S/C10H18N4O/c1-7(2)14-4-3-8(6-14)5-9-12-10(11)15-13-9/h7-8H,3-6H2,1-2H3,(H2,11,12,13). The summed E-state index contributed by atoms with van der Waals surface area (Å²) in [6, 6.07) is 0.800. The second kappa shape index (κ2) is 4.18. The number of hydrogen-bond donors (Lipinski definition) is 1. The maximum atomic E-state index is 5.38. The lowest BCUT2D eigenvalue weighted by Gasteiger charge is -2.19. The molecule has 1 aliphatic heterocycles. The van der Waals surface area contributed by atoms with Gasteiger partial charge in [0, 0.05) is 19.0 Å². The van der Waals surface area contributed by atoms with Gasteiger partial charge in [-0.1, -0.05) is 5.16 Å². The fourth-order valence-electron chi connectivity index (χ4n) is 2.11. The molecule has 2 heterocycles. The van der Waals surface area contributed by atoms with Crippen LogP contribution in [0, 0.1) is 5.92 Å². The highest BCUT2D eigenvalue weighted by Crippen LogP contribution is 2.21. The summed E-state index contributed by atoms with van der Waals surface area (Å²) in [6.07, 6.45) is 2.09. The molecule has 1 aromatic heterocycles. The molecule has 0 aliphatic carbocycles. The predicted molar refractivity (Wildman–Crippen MR) is 57.2 cm³/mol. The molecule has 5 heteroatoms. The summed E-state index contributed by atoms with van der Waals surface area (Å²) in [4.78, 5) is 6.51. The van der Waals surface area contributed by atoms with Gasteiger partial charge in [-0.2, -0.15) is 4.98 Å². The Morgan fingerprint density at radius 3 is 2.93 bits per heavy atom. The third-order valence-corrected chi connectivity index (χ3v) is 3.00. The molecule has 15 heavy (non-hydrogen) atoms. The van der Waals surface area contributed by atoms with E-state index >= 15 is 0 Å². The molecule has 1 aliphatic rings. The quantitative estimate of drug-likeness (QED) is 0.803. The summed E-state index contributed by atoms with van der Waals surface area (Å²) in [6.45, 7) is 6.77. The van der Waals surface area contributed by atoms with E-state index < -0.39 is 0 Å². The minimum Gasteiger partial charge on any atom is -0.351 e. The van der Waals surface area contributed by atoms with Crippen molar-refractivity contribution < 1.29 is 4.52 Å². The zero-order valence-electron chi connectivity index (χ0n) is 9.31. The topological polar surface area (TPSA) is 68.2 Å². The highest BCUT2D eigenvalue weighted by molar-refractivity contribution is 5.07. The van der Waals surface area contributed by atoms with Crippen LogP contribution in [0.25, 0.3) is 0 Å². The van der Waals surface area contributed by atoms with Crippen molar-refractivity contribution in [1.29, 1.82) is 0 Å². The lowest BCUT2D eigenvalue weighted by molar-refractivity contribution is 0.264. The Balaban J connectivity index is 1.87. The largest absolute Gasteiger partial charge is 0.351 e. The van der Waals surface area contributed by atoms with Crippen molar-refractivity contribution in [1.82, 2.24) is 15.0 Å². The van der Waals surface area contributed by atoms with E-state index in [-0.39, 0.29) is 6.01 Å². The van der Waals surface area contributed by atoms with E-state index in [0.29, 0.717) is 12.0 Å². The second-order valence-electron chi connectivity index (χ2n) is 4.50. The molecule has 84 valence electrons. The number of nitrogens with zero attached hydrogens (tertiary/aromatic N) is 3. The first-order chi connectivity index (χ1) is 7.15. The summed E-state index contributed by atoms with van der Waals surface area (Å²) < 4.78 is 4.75. The molecular formula is C10H18N4O. The number of rotatable bonds is 3. The van der Waals surface area contributed by atoms with Crippen LogP contribution in [-0.4, -0.2) is 34.2 Å². The number of anilines is 1. The molecule has 0 amide bonds. The van der Waals surface area contributed by atoms with Crippen LogP contribution in [0.5, 0.6) is 0 Å². The molecule has 2 N–H and O–H groups in total. The summed E-state index contributed by atoms with van der Waals surface area (Å²) in [7, 11) is 0. The average molecular weight is 210 g/mol. The number of nitrogens with two attached hydrogens (primary N) is 1. The minimum absolute atomic E-state index is 0.170. The number of likely N-dealkylation sites (tertiary alicyclic amines) is 1. The van der Waals surface area contributed by atoms with E-state index in [9.17, 15) is 0 Å². The van der Waals surface area contributed by atoms with Gasteiger partial charge in [-0.15, -0.1) is 0 Å². The van der Waals surface area contributed by atoms with Gasteiger partial charge in [0.1, 0.15) is 0 Å². The first kappa shape index (κ1) is 10.4. The Morgan fingerprint density at radius 2 is 2.40 bits per heavy atom. The SMILES string of the molecule is CC(C)N1CCC(Cc2noc(N)n2)C1. The maximum absolute atomic E-state index is 5.38. The Bertz CT molecular complexity index is 323. The van der Waals surface area contributed by atoms with Crippen LogP contribution in [0.1, 0.15) is 26.1 Å². The Morgan fingerprint density at radius 1 is 1.60 bits per heavy atom. The molecule has 5 nitrogen and oxygen atoms in total. The van der Waals surface area contributed by atoms with Gasteiger partial charge in [-0.3, -0.25) is 0 Å². The van der Waals surface area contributed by atoms with E-state index in [1.807, 2.05) is 0 Å². The van der Waals surface area contributed by atoms with Gasteiger partial charge in [-0.25, -0.2) is 0 Å². The molecule has 2 rings (SSSR count). The van der Waals surface area contributed by atoms with Gasteiger partial charge in [0.2, 0.25) is 0 Å². The first-order valence-electron chi connectivity index (χ1n) is 5.47. The van der Waals surface area contributed by atoms with Crippen LogP contribution in [0.15, 0.2) is 4.52 Å². The van der Waals surface area contributed by atoms with Crippen molar-refractivity contribution in [2.75, 3.05) is 18.8 Å². The van der Waals surface area contributed by atoms with Crippen LogP contribution < -0.4 is 5.73 Å². The normalized spacial score (nSPS) is 22.7. The molecule has 0 spiro atoms. The maximum Gasteiger partial charge on any atom is 0.318 e. The van der Waals surface area contributed by atoms with Crippen molar-refractivity contribution in [3.05, 3.63) is 5.82 Å². The fourth-order valence-corrected chi connectivity index (χ4v) is 2.11. The van der Waals surface area contributed by atoms with Gasteiger partial charge in [0.05, 0.1) is 0 Å². The number of nitrogen functional groups attached to an aromatic ring is 1. The molecular weight excluding hydrogens is 192 g/mol. The van der Waals surface area contributed by atoms with E-state index in [4.69, 9.17) is 10.3 Å². The predicted octanol–water partition coefficient (Wildman–Crippen LogP) is 0.925. The Kier molecular flexibility index (Phi) is 2.90. The number of aromatic nitrogens is 2. The molecule has 1 saturated heterocycles. The lowest BCUT2D eigenvalue weighted by atomic mass is 10.1. The first-order valence-corrected chi connectivity index (χ1v) is 5.47. The van der Waals surface area contributed by atoms with Gasteiger partial charge in [0.15, 0.2) is 5.82 Å². The summed E-state index contributed by atoms with van der Waals surface area (Å²) in [5, 5.41) is 3.82. The van der Waals surface area contributed by atoms with E-state index in [0.717, 1.165) is 18.8 Å². The van der Waals surface area contributed by atoms with Gasteiger partial charge < -0.3 is 15.2 Å². The van der Waals surface area contributed by atoms with Gasteiger partial charge >= 0.3 is 6.01 Å². The lowest BCUT2D eigenvalue weighted by Crippen LogP contribution is -2.28. The van der Waals surface area contributed by atoms with Crippen molar-refractivity contribution in [3.63, 3.8) is 0 Å². The van der Waals surface area contributed by atoms with Crippen LogP contribution in [-0.2, 0) is 6.42 Å². The van der Waals surface area contributed by atoms with E-state index in [1.165, 1.54) is 13.0 Å². The van der Waals surface area contributed by atoms with Crippen molar-refractivity contribution in [2.45, 2.75) is 32.7 Å². The highest BCUT2D eigenvalue weighted by atomic mass is 16.5. The summed E-state index contributed by atoms with van der Waals surface area (Å²) in [5.41, 5.74) is 5.38. The van der Waals surface area contributed by atoms with Crippen molar-refractivity contribution >= 4 is 6.01 Å². The van der Waals surface area contributed by atoms with Crippen LogP contribution >= 0.6 is 0 Å². The molecule has 0 radical (unpaired) electrons. The molecule has 0 bridgehead atoms. The minimum atomic E-state index is 0.170. The third kappa shape index (κ3) is 2.47. The monoisotopic (exact) mass is 210 g/mol. The van der Waals surface area contributed by atoms with Crippen LogP contribution in [0.4, 0.5) is 6.01 Å².